The Bertz CT molecular complexity index is 860. The van der Waals surface area contributed by atoms with Gasteiger partial charge in [-0.25, -0.2) is 9.78 Å². The van der Waals surface area contributed by atoms with Crippen LogP contribution in [0.3, 0.4) is 0 Å². The number of rotatable bonds is 3. The zero-order valence-corrected chi connectivity index (χ0v) is 15.0. The lowest BCUT2D eigenvalue weighted by atomic mass is 10.2. The summed E-state index contributed by atoms with van der Waals surface area (Å²) in [6.07, 6.45) is 3.33. The Labute approximate surface area is 156 Å². The van der Waals surface area contributed by atoms with Crippen LogP contribution in [0.2, 0.25) is 0 Å². The van der Waals surface area contributed by atoms with E-state index in [1.54, 1.807) is 35.9 Å². The third kappa shape index (κ3) is 3.67. The van der Waals surface area contributed by atoms with E-state index >= 15 is 0 Å². The molecule has 2 aromatic heterocycles. The molecule has 7 heteroatoms. The first-order valence-electron chi connectivity index (χ1n) is 8.51. The topological polar surface area (TPSA) is 61.4 Å². The molecule has 1 saturated heterocycles. The summed E-state index contributed by atoms with van der Waals surface area (Å²) in [7, 11) is 0. The van der Waals surface area contributed by atoms with Crippen LogP contribution >= 0.6 is 11.3 Å². The summed E-state index contributed by atoms with van der Waals surface area (Å²) < 4.78 is 0. The second-order valence-corrected chi connectivity index (χ2v) is 6.86. The molecule has 132 valence electrons. The average Bonchev–Trinajstić information content (AvgIpc) is 3.20. The van der Waals surface area contributed by atoms with Gasteiger partial charge < -0.3 is 15.1 Å². The number of pyridine rings is 1. The lowest BCUT2D eigenvalue weighted by molar-refractivity contribution is 0.208. The first-order chi connectivity index (χ1) is 12.8. The van der Waals surface area contributed by atoms with Crippen molar-refractivity contribution in [1.82, 2.24) is 14.9 Å². The molecule has 26 heavy (non-hydrogen) atoms. The van der Waals surface area contributed by atoms with E-state index in [0.717, 1.165) is 35.2 Å². The average molecular weight is 365 g/mol. The summed E-state index contributed by atoms with van der Waals surface area (Å²) >= 11 is 1.65. The summed E-state index contributed by atoms with van der Waals surface area (Å²) in [5.74, 6) is 0. The molecule has 0 aliphatic carbocycles. The smallest absolute Gasteiger partial charge is 0.321 e. The van der Waals surface area contributed by atoms with Crippen LogP contribution < -0.4 is 10.2 Å². The van der Waals surface area contributed by atoms with Gasteiger partial charge in [0.2, 0.25) is 0 Å². The van der Waals surface area contributed by atoms with Gasteiger partial charge in [-0.2, -0.15) is 0 Å². The largest absolute Gasteiger partial charge is 0.345 e. The molecule has 0 spiro atoms. The van der Waals surface area contributed by atoms with Gasteiger partial charge >= 0.3 is 6.03 Å². The van der Waals surface area contributed by atoms with Gasteiger partial charge in [-0.1, -0.05) is 30.3 Å². The van der Waals surface area contributed by atoms with Crippen LogP contribution in [0, 0.1) is 0 Å². The van der Waals surface area contributed by atoms with E-state index in [0.29, 0.717) is 13.1 Å². The highest BCUT2D eigenvalue weighted by atomic mass is 32.1. The number of benzene rings is 1. The quantitative estimate of drug-likeness (QED) is 0.771. The van der Waals surface area contributed by atoms with E-state index in [1.807, 2.05) is 23.1 Å². The second kappa shape index (κ2) is 7.53. The Kier molecular flexibility index (Phi) is 4.79. The highest BCUT2D eigenvalue weighted by Crippen LogP contribution is 2.28. The molecule has 0 saturated carbocycles. The highest BCUT2D eigenvalue weighted by Gasteiger charge is 2.23. The maximum Gasteiger partial charge on any atom is 0.321 e. The Morgan fingerprint density at radius 3 is 2.46 bits per heavy atom. The number of aromatic nitrogens is 2. The van der Waals surface area contributed by atoms with Crippen LogP contribution in [0.5, 0.6) is 0 Å². The molecule has 3 aromatic rings. The Balaban J connectivity index is 1.35. The van der Waals surface area contributed by atoms with Crippen LogP contribution in [0.25, 0.3) is 11.3 Å². The molecule has 1 aromatic carbocycles. The zero-order chi connectivity index (χ0) is 17.8. The number of piperazine rings is 1. The molecule has 1 aliphatic heterocycles. The molecule has 0 atom stereocenters. The van der Waals surface area contributed by atoms with E-state index in [2.05, 4.69) is 32.7 Å². The van der Waals surface area contributed by atoms with Crippen molar-refractivity contribution in [3.8, 4) is 11.3 Å². The number of hydrogen-bond acceptors (Lipinski definition) is 5. The number of hydrogen-bond donors (Lipinski definition) is 1. The van der Waals surface area contributed by atoms with E-state index in [-0.39, 0.29) is 6.03 Å². The molecule has 0 bridgehead atoms. The van der Waals surface area contributed by atoms with Gasteiger partial charge in [-0.05, 0) is 12.1 Å². The van der Waals surface area contributed by atoms with Gasteiger partial charge in [0, 0.05) is 55.2 Å². The van der Waals surface area contributed by atoms with E-state index in [1.165, 1.54) is 0 Å². The predicted octanol–water partition coefficient (Wildman–Crippen LogP) is 3.56. The number of urea groups is 1. The van der Waals surface area contributed by atoms with Crippen molar-refractivity contribution in [3.63, 3.8) is 0 Å². The molecule has 0 unspecified atom stereocenters. The van der Waals surface area contributed by atoms with Crippen molar-refractivity contribution in [2.75, 3.05) is 36.4 Å². The van der Waals surface area contributed by atoms with Crippen molar-refractivity contribution in [3.05, 3.63) is 60.2 Å². The Morgan fingerprint density at radius 2 is 1.73 bits per heavy atom. The number of thiazole rings is 1. The third-order valence-electron chi connectivity index (χ3n) is 4.33. The maximum absolute atomic E-state index is 12.4. The van der Waals surface area contributed by atoms with E-state index < -0.39 is 0 Å². The maximum atomic E-state index is 12.4. The van der Waals surface area contributed by atoms with Gasteiger partial charge in [0.05, 0.1) is 5.69 Å². The van der Waals surface area contributed by atoms with Crippen LogP contribution in [-0.4, -0.2) is 47.1 Å². The summed E-state index contributed by atoms with van der Waals surface area (Å²) in [6, 6.07) is 13.7. The Hall–Kier alpha value is -2.93. The zero-order valence-electron chi connectivity index (χ0n) is 14.2. The summed E-state index contributed by atoms with van der Waals surface area (Å²) in [5, 5.41) is 6.01. The van der Waals surface area contributed by atoms with Gasteiger partial charge in [0.1, 0.15) is 0 Å². The fourth-order valence-electron chi connectivity index (χ4n) is 2.89. The summed E-state index contributed by atoms with van der Waals surface area (Å²) in [5.41, 5.74) is 2.90. The Morgan fingerprint density at radius 1 is 1.00 bits per heavy atom. The monoisotopic (exact) mass is 365 g/mol. The molecule has 1 fully saturated rings. The van der Waals surface area contributed by atoms with E-state index in [4.69, 9.17) is 4.98 Å². The number of carbonyl (C=O) groups excluding carboxylic acids is 1. The minimum Gasteiger partial charge on any atom is -0.345 e. The van der Waals surface area contributed by atoms with Gasteiger partial charge in [-0.3, -0.25) is 4.98 Å². The molecule has 0 radical (unpaired) electrons. The number of carbonyl (C=O) groups is 1. The lowest BCUT2D eigenvalue weighted by Gasteiger charge is -2.34. The molecule has 4 rings (SSSR count). The fourth-order valence-corrected chi connectivity index (χ4v) is 3.78. The first-order valence-corrected chi connectivity index (χ1v) is 9.39. The summed E-state index contributed by atoms with van der Waals surface area (Å²) in [4.78, 5) is 25.2. The van der Waals surface area contributed by atoms with Crippen LogP contribution in [0.4, 0.5) is 15.6 Å². The number of nitrogens with zero attached hydrogens (tertiary/aromatic N) is 4. The molecule has 1 aliphatic rings. The van der Waals surface area contributed by atoms with Crippen molar-refractivity contribution in [1.29, 1.82) is 0 Å². The summed E-state index contributed by atoms with van der Waals surface area (Å²) in [6.45, 7) is 2.92. The van der Waals surface area contributed by atoms with Gasteiger partial charge in [-0.15, -0.1) is 11.3 Å². The van der Waals surface area contributed by atoms with Crippen molar-refractivity contribution >= 4 is 28.2 Å². The normalized spacial score (nSPS) is 14.3. The number of nitrogens with one attached hydrogen (secondary N) is 1. The van der Waals surface area contributed by atoms with Crippen LogP contribution in [0.1, 0.15) is 0 Å². The van der Waals surface area contributed by atoms with Crippen molar-refractivity contribution in [2.45, 2.75) is 0 Å². The van der Waals surface area contributed by atoms with Crippen molar-refractivity contribution < 1.29 is 4.79 Å². The SMILES string of the molecule is O=C(Nc1ccncc1)N1CCN(c2nc(-c3ccccc3)cs2)CC1. The minimum atomic E-state index is -0.0695. The predicted molar refractivity (Wildman–Crippen MR) is 105 cm³/mol. The van der Waals surface area contributed by atoms with Crippen molar-refractivity contribution in [2.24, 2.45) is 0 Å². The fraction of sp³-hybridized carbons (Fsp3) is 0.211. The second-order valence-electron chi connectivity index (χ2n) is 6.02. The van der Waals surface area contributed by atoms with Gasteiger partial charge in [0.25, 0.3) is 0 Å². The van der Waals surface area contributed by atoms with Crippen LogP contribution in [0.15, 0.2) is 60.2 Å². The molecule has 2 amide bonds. The standard InChI is InChI=1S/C19H19N5OS/c25-18(21-16-6-8-20-9-7-16)23-10-12-24(13-11-23)19-22-17(14-26-19)15-4-2-1-3-5-15/h1-9,14H,10-13H2,(H,20,21,25). The highest BCUT2D eigenvalue weighted by molar-refractivity contribution is 7.14. The number of anilines is 2. The van der Waals surface area contributed by atoms with E-state index in [9.17, 15) is 4.79 Å². The molecule has 3 heterocycles. The first kappa shape index (κ1) is 16.5. The third-order valence-corrected chi connectivity index (χ3v) is 5.23. The molecule has 6 nitrogen and oxygen atoms in total. The minimum absolute atomic E-state index is 0.0695. The number of amides is 2. The van der Waals surface area contributed by atoms with Gasteiger partial charge in [0.15, 0.2) is 5.13 Å². The molecular formula is C19H19N5OS. The molecular weight excluding hydrogens is 346 g/mol. The lowest BCUT2D eigenvalue weighted by Crippen LogP contribution is -2.50. The van der Waals surface area contributed by atoms with Crippen LogP contribution in [-0.2, 0) is 0 Å². The molecule has 1 N–H and O–H groups in total.